The molecule has 2 fully saturated rings. The van der Waals surface area contributed by atoms with E-state index >= 15 is 0 Å². The van der Waals surface area contributed by atoms with Crippen LogP contribution in [0.1, 0.15) is 64.1 Å². The lowest BCUT2D eigenvalue weighted by Gasteiger charge is -2.38. The van der Waals surface area contributed by atoms with Gasteiger partial charge in [-0.15, -0.1) is 0 Å². The number of aromatic nitrogens is 2. The van der Waals surface area contributed by atoms with Gasteiger partial charge in [0.15, 0.2) is 0 Å². The Kier molecular flexibility index (Phi) is 4.96. The fraction of sp³-hybridized carbons (Fsp3) is 0.824. The van der Waals surface area contributed by atoms with Crippen molar-refractivity contribution in [3.05, 3.63) is 18.0 Å². The van der Waals surface area contributed by atoms with Gasteiger partial charge >= 0.3 is 0 Å². The van der Waals surface area contributed by atoms with Gasteiger partial charge in [-0.05, 0) is 32.3 Å². The average molecular weight is 290 g/mol. The Bertz CT molecular complexity index is 436. The summed E-state index contributed by atoms with van der Waals surface area (Å²) in [4.78, 5) is 2.60. The smallest absolute Gasteiger partial charge is 0.0765 e. The molecule has 1 aromatic heterocycles. The zero-order chi connectivity index (χ0) is 14.7. The third kappa shape index (κ3) is 3.67. The molecule has 0 radical (unpaired) electrons. The quantitative estimate of drug-likeness (QED) is 0.905. The molecule has 2 aliphatic rings. The highest BCUT2D eigenvalue weighted by atomic mass is 15.3. The number of piperazine rings is 1. The minimum absolute atomic E-state index is 0.606. The predicted molar refractivity (Wildman–Crippen MR) is 86.3 cm³/mol. The lowest BCUT2D eigenvalue weighted by Crippen LogP contribution is -2.54. The fourth-order valence-corrected chi connectivity index (χ4v) is 3.80. The van der Waals surface area contributed by atoms with E-state index in [9.17, 15) is 0 Å². The van der Waals surface area contributed by atoms with E-state index in [-0.39, 0.29) is 0 Å². The number of hydrogen-bond donors (Lipinski definition) is 1. The number of nitrogens with zero attached hydrogens (tertiary/aromatic N) is 3. The normalized spacial score (nSPS) is 28.3. The molecule has 2 atom stereocenters. The zero-order valence-electron chi connectivity index (χ0n) is 13.6. The van der Waals surface area contributed by atoms with Gasteiger partial charge in [0.1, 0.15) is 0 Å². The van der Waals surface area contributed by atoms with Gasteiger partial charge in [-0.1, -0.05) is 26.2 Å². The predicted octanol–water partition coefficient (Wildman–Crippen LogP) is 2.96. The van der Waals surface area contributed by atoms with E-state index in [4.69, 9.17) is 5.10 Å². The SMILES string of the molecule is CCCC1CN(Cc2ccn(C3CCCC3)n2)C(C)CN1. The Hall–Kier alpha value is -0.870. The minimum Gasteiger partial charge on any atom is -0.311 e. The van der Waals surface area contributed by atoms with Gasteiger partial charge in [0, 0.05) is 37.9 Å². The first kappa shape index (κ1) is 15.0. The number of hydrogen-bond acceptors (Lipinski definition) is 3. The molecule has 0 amide bonds. The Morgan fingerprint density at radius 3 is 2.90 bits per heavy atom. The molecule has 1 aliphatic heterocycles. The third-order valence-corrected chi connectivity index (χ3v) is 5.14. The third-order valence-electron chi connectivity index (χ3n) is 5.14. The maximum atomic E-state index is 4.85. The number of nitrogens with one attached hydrogen (secondary N) is 1. The van der Waals surface area contributed by atoms with Crippen LogP contribution >= 0.6 is 0 Å². The first-order valence-electron chi connectivity index (χ1n) is 8.77. The van der Waals surface area contributed by atoms with Crippen molar-refractivity contribution in [3.8, 4) is 0 Å². The molecule has 4 heteroatoms. The van der Waals surface area contributed by atoms with Crippen LogP contribution in [0.3, 0.4) is 0 Å². The van der Waals surface area contributed by atoms with Gasteiger partial charge in [0.2, 0.25) is 0 Å². The molecule has 1 saturated heterocycles. The summed E-state index contributed by atoms with van der Waals surface area (Å²) in [5.41, 5.74) is 1.24. The van der Waals surface area contributed by atoms with Gasteiger partial charge in [-0.2, -0.15) is 5.10 Å². The summed E-state index contributed by atoms with van der Waals surface area (Å²) in [5, 5.41) is 8.51. The largest absolute Gasteiger partial charge is 0.311 e. The molecule has 1 aliphatic carbocycles. The fourth-order valence-electron chi connectivity index (χ4n) is 3.80. The van der Waals surface area contributed by atoms with Crippen molar-refractivity contribution in [1.82, 2.24) is 20.0 Å². The first-order chi connectivity index (χ1) is 10.3. The molecule has 0 bridgehead atoms. The van der Waals surface area contributed by atoms with E-state index in [2.05, 4.69) is 41.0 Å². The highest BCUT2D eigenvalue weighted by Gasteiger charge is 2.25. The first-order valence-corrected chi connectivity index (χ1v) is 8.77. The van der Waals surface area contributed by atoms with Crippen LogP contribution in [0.4, 0.5) is 0 Å². The van der Waals surface area contributed by atoms with E-state index in [1.807, 2.05) is 0 Å². The summed E-state index contributed by atoms with van der Waals surface area (Å²) in [6.45, 7) is 7.86. The minimum atomic E-state index is 0.606. The number of rotatable bonds is 5. The summed E-state index contributed by atoms with van der Waals surface area (Å²) >= 11 is 0. The zero-order valence-corrected chi connectivity index (χ0v) is 13.6. The lowest BCUT2D eigenvalue weighted by atomic mass is 10.1. The molecule has 1 N–H and O–H groups in total. The van der Waals surface area contributed by atoms with Crippen molar-refractivity contribution in [2.24, 2.45) is 0 Å². The lowest BCUT2D eigenvalue weighted by molar-refractivity contribution is 0.127. The molecule has 21 heavy (non-hydrogen) atoms. The second kappa shape index (κ2) is 6.93. The molecule has 2 unspecified atom stereocenters. The van der Waals surface area contributed by atoms with Crippen molar-refractivity contribution < 1.29 is 0 Å². The molecular weight excluding hydrogens is 260 g/mol. The Balaban J connectivity index is 1.59. The maximum Gasteiger partial charge on any atom is 0.0765 e. The van der Waals surface area contributed by atoms with Crippen molar-refractivity contribution in [1.29, 1.82) is 0 Å². The van der Waals surface area contributed by atoms with Crippen LogP contribution in [0.15, 0.2) is 12.3 Å². The van der Waals surface area contributed by atoms with Crippen LogP contribution in [-0.2, 0) is 6.54 Å². The molecule has 4 nitrogen and oxygen atoms in total. The summed E-state index contributed by atoms with van der Waals surface area (Å²) in [6.07, 6.45) is 10.1. The monoisotopic (exact) mass is 290 g/mol. The molecule has 1 aromatic rings. The standard InChI is InChI=1S/C17H30N4/c1-3-6-15-12-20(14(2)11-18-15)13-16-9-10-21(19-16)17-7-4-5-8-17/h9-10,14-15,17-18H,3-8,11-13H2,1-2H3. The second-order valence-corrected chi connectivity index (χ2v) is 6.90. The van der Waals surface area contributed by atoms with Gasteiger partial charge < -0.3 is 5.32 Å². The van der Waals surface area contributed by atoms with E-state index in [1.54, 1.807) is 0 Å². The van der Waals surface area contributed by atoms with Crippen molar-refractivity contribution >= 4 is 0 Å². The van der Waals surface area contributed by atoms with Crippen LogP contribution in [-0.4, -0.2) is 39.9 Å². The summed E-state index contributed by atoms with van der Waals surface area (Å²) < 4.78 is 2.22. The van der Waals surface area contributed by atoms with Crippen molar-refractivity contribution in [2.75, 3.05) is 13.1 Å². The van der Waals surface area contributed by atoms with E-state index in [0.29, 0.717) is 18.1 Å². The maximum absolute atomic E-state index is 4.85. The summed E-state index contributed by atoms with van der Waals surface area (Å²) in [6, 6.07) is 4.15. The molecule has 3 rings (SSSR count). The van der Waals surface area contributed by atoms with E-state index < -0.39 is 0 Å². The second-order valence-electron chi connectivity index (χ2n) is 6.90. The van der Waals surface area contributed by atoms with Crippen LogP contribution in [0, 0.1) is 0 Å². The summed E-state index contributed by atoms with van der Waals surface area (Å²) in [5.74, 6) is 0. The Morgan fingerprint density at radius 2 is 2.14 bits per heavy atom. The molecule has 118 valence electrons. The van der Waals surface area contributed by atoms with Gasteiger partial charge in [0.25, 0.3) is 0 Å². The molecule has 1 saturated carbocycles. The molecule has 2 heterocycles. The highest BCUT2D eigenvalue weighted by molar-refractivity contribution is 5.01. The van der Waals surface area contributed by atoms with Crippen LogP contribution in [0.2, 0.25) is 0 Å². The van der Waals surface area contributed by atoms with Crippen molar-refractivity contribution in [2.45, 2.75) is 77.0 Å². The molecular formula is C17H30N4. The molecule has 0 aromatic carbocycles. The topological polar surface area (TPSA) is 33.1 Å². The Morgan fingerprint density at radius 1 is 1.33 bits per heavy atom. The van der Waals surface area contributed by atoms with Gasteiger partial charge in [-0.3, -0.25) is 9.58 Å². The molecule has 0 spiro atoms. The van der Waals surface area contributed by atoms with Gasteiger partial charge in [-0.25, -0.2) is 0 Å². The Labute approximate surface area is 128 Å². The van der Waals surface area contributed by atoms with E-state index in [1.165, 1.54) is 44.2 Å². The summed E-state index contributed by atoms with van der Waals surface area (Å²) in [7, 11) is 0. The van der Waals surface area contributed by atoms with Crippen LogP contribution in [0.25, 0.3) is 0 Å². The van der Waals surface area contributed by atoms with Gasteiger partial charge in [0.05, 0.1) is 11.7 Å². The highest BCUT2D eigenvalue weighted by Crippen LogP contribution is 2.28. The average Bonchev–Trinajstić information content (AvgIpc) is 3.13. The van der Waals surface area contributed by atoms with Crippen molar-refractivity contribution in [3.63, 3.8) is 0 Å². The van der Waals surface area contributed by atoms with E-state index in [0.717, 1.165) is 19.6 Å². The van der Waals surface area contributed by atoms with Crippen LogP contribution in [0.5, 0.6) is 0 Å². The van der Waals surface area contributed by atoms with Crippen LogP contribution < -0.4 is 5.32 Å².